The zero-order valence-electron chi connectivity index (χ0n) is 10.3. The van der Waals surface area contributed by atoms with E-state index >= 15 is 0 Å². The average Bonchev–Trinajstić information content (AvgIpc) is 2.73. The molecule has 0 bridgehead atoms. The van der Waals surface area contributed by atoms with E-state index in [1.54, 1.807) is 12.1 Å². The third-order valence-electron chi connectivity index (χ3n) is 3.71. The number of halogens is 1. The smallest absolute Gasteiger partial charge is 0.126 e. The van der Waals surface area contributed by atoms with Gasteiger partial charge in [-0.15, -0.1) is 0 Å². The van der Waals surface area contributed by atoms with Crippen LogP contribution in [0.25, 0.3) is 0 Å². The topological polar surface area (TPSA) is 30.5 Å². The molecule has 4 heteroatoms. The van der Waals surface area contributed by atoms with Gasteiger partial charge >= 0.3 is 0 Å². The predicted octanol–water partition coefficient (Wildman–Crippen LogP) is 2.12. The Morgan fingerprint density at radius 2 is 2.39 bits per heavy atom. The molecule has 1 N–H and O–H groups in total. The number of hydrogen-bond donors (Lipinski definition) is 1. The fourth-order valence-electron chi connectivity index (χ4n) is 2.85. The lowest BCUT2D eigenvalue weighted by atomic mass is 9.90. The summed E-state index contributed by atoms with van der Waals surface area (Å²) in [5, 5.41) is 3.37. The number of benzene rings is 1. The molecule has 2 fully saturated rings. The summed E-state index contributed by atoms with van der Waals surface area (Å²) in [6.07, 6.45) is 3.15. The van der Waals surface area contributed by atoms with Crippen LogP contribution < -0.4 is 10.1 Å². The highest BCUT2D eigenvalue weighted by molar-refractivity contribution is 5.23. The third kappa shape index (κ3) is 2.49. The number of ether oxygens (including phenoxy) is 2. The second-order valence-corrected chi connectivity index (χ2v) is 5.18. The minimum Gasteiger partial charge on any atom is -0.488 e. The van der Waals surface area contributed by atoms with Crippen molar-refractivity contribution in [3.8, 4) is 5.75 Å². The van der Waals surface area contributed by atoms with E-state index in [4.69, 9.17) is 9.47 Å². The minimum absolute atomic E-state index is 0.0340. The lowest BCUT2D eigenvalue weighted by molar-refractivity contribution is -0.0153. The summed E-state index contributed by atoms with van der Waals surface area (Å²) in [6.45, 7) is 2.56. The molecule has 2 heterocycles. The lowest BCUT2D eigenvalue weighted by Gasteiger charge is -2.32. The highest BCUT2D eigenvalue weighted by Crippen LogP contribution is 2.33. The molecule has 3 nitrogen and oxygen atoms in total. The van der Waals surface area contributed by atoms with Crippen LogP contribution in [-0.2, 0) is 4.74 Å². The number of piperidine rings is 1. The van der Waals surface area contributed by atoms with E-state index in [0.29, 0.717) is 12.4 Å². The van der Waals surface area contributed by atoms with Gasteiger partial charge in [-0.3, -0.25) is 0 Å². The Morgan fingerprint density at radius 1 is 1.44 bits per heavy atom. The van der Waals surface area contributed by atoms with Crippen molar-refractivity contribution in [2.24, 2.45) is 0 Å². The normalized spacial score (nSPS) is 31.7. The Balaban J connectivity index is 1.62. The summed E-state index contributed by atoms with van der Waals surface area (Å²) in [5.74, 6) is 0.324. The average molecular weight is 251 g/mol. The van der Waals surface area contributed by atoms with Crippen molar-refractivity contribution in [3.05, 3.63) is 30.1 Å². The Labute approximate surface area is 106 Å². The maximum absolute atomic E-state index is 13.1. The van der Waals surface area contributed by atoms with Crippen molar-refractivity contribution in [2.75, 3.05) is 19.7 Å². The van der Waals surface area contributed by atoms with Crippen LogP contribution in [0.2, 0.25) is 0 Å². The second kappa shape index (κ2) is 4.86. The molecule has 1 aromatic carbocycles. The highest BCUT2D eigenvalue weighted by Gasteiger charge is 2.42. The molecule has 0 radical (unpaired) electrons. The standard InChI is InChI=1S/C14H18FNO2/c15-11-3-1-4-12(7-11)18-13-8-14(17-9-13)5-2-6-16-10-14/h1,3-4,7,13,16H,2,5-6,8-10H2/t13-,14-/m1/s1. The zero-order chi connectivity index (χ0) is 12.4. The second-order valence-electron chi connectivity index (χ2n) is 5.18. The lowest BCUT2D eigenvalue weighted by Crippen LogP contribution is -2.45. The maximum Gasteiger partial charge on any atom is 0.126 e. The first kappa shape index (κ1) is 11.9. The predicted molar refractivity (Wildman–Crippen MR) is 66.2 cm³/mol. The van der Waals surface area contributed by atoms with E-state index < -0.39 is 0 Å². The van der Waals surface area contributed by atoms with Gasteiger partial charge in [0.15, 0.2) is 0 Å². The summed E-state index contributed by atoms with van der Waals surface area (Å²) in [6, 6.07) is 6.29. The van der Waals surface area contributed by atoms with Crippen LogP contribution in [0.4, 0.5) is 4.39 Å². The van der Waals surface area contributed by atoms with Crippen LogP contribution in [0.3, 0.4) is 0 Å². The minimum atomic E-state index is -0.263. The first-order chi connectivity index (χ1) is 8.76. The molecule has 18 heavy (non-hydrogen) atoms. The molecule has 98 valence electrons. The monoisotopic (exact) mass is 251 g/mol. The Hall–Kier alpha value is -1.13. The van der Waals surface area contributed by atoms with Crippen molar-refractivity contribution in [3.63, 3.8) is 0 Å². The Morgan fingerprint density at radius 3 is 3.17 bits per heavy atom. The van der Waals surface area contributed by atoms with E-state index in [0.717, 1.165) is 32.4 Å². The summed E-state index contributed by atoms with van der Waals surface area (Å²) < 4.78 is 24.8. The van der Waals surface area contributed by atoms with Crippen molar-refractivity contribution in [1.29, 1.82) is 0 Å². The molecule has 0 unspecified atom stereocenters. The van der Waals surface area contributed by atoms with Gasteiger partial charge in [-0.25, -0.2) is 4.39 Å². The molecule has 2 saturated heterocycles. The molecule has 0 amide bonds. The Bertz CT molecular complexity index is 418. The van der Waals surface area contributed by atoms with E-state index in [-0.39, 0.29) is 17.5 Å². The summed E-state index contributed by atoms with van der Waals surface area (Å²) in [7, 11) is 0. The van der Waals surface area contributed by atoms with Gasteiger partial charge < -0.3 is 14.8 Å². The van der Waals surface area contributed by atoms with E-state index in [1.807, 2.05) is 0 Å². The van der Waals surface area contributed by atoms with Gasteiger partial charge in [-0.1, -0.05) is 6.07 Å². The fraction of sp³-hybridized carbons (Fsp3) is 0.571. The number of hydrogen-bond acceptors (Lipinski definition) is 3. The van der Waals surface area contributed by atoms with Crippen LogP contribution in [-0.4, -0.2) is 31.4 Å². The summed E-state index contributed by atoms with van der Waals surface area (Å²) in [5.41, 5.74) is -0.0593. The van der Waals surface area contributed by atoms with Gasteiger partial charge in [0.25, 0.3) is 0 Å². The quantitative estimate of drug-likeness (QED) is 0.873. The van der Waals surface area contributed by atoms with Crippen LogP contribution in [0.5, 0.6) is 5.75 Å². The first-order valence-electron chi connectivity index (χ1n) is 6.53. The van der Waals surface area contributed by atoms with Crippen molar-refractivity contribution < 1.29 is 13.9 Å². The maximum atomic E-state index is 13.1. The van der Waals surface area contributed by atoms with Gasteiger partial charge in [0, 0.05) is 19.0 Å². The molecule has 2 aliphatic heterocycles. The molecule has 1 spiro atoms. The molecular formula is C14H18FNO2. The molecular weight excluding hydrogens is 233 g/mol. The molecule has 1 aromatic rings. The third-order valence-corrected chi connectivity index (χ3v) is 3.71. The molecule has 2 atom stereocenters. The summed E-state index contributed by atoms with van der Waals surface area (Å²) in [4.78, 5) is 0. The van der Waals surface area contributed by atoms with E-state index in [2.05, 4.69) is 5.32 Å². The molecule has 0 saturated carbocycles. The van der Waals surface area contributed by atoms with Gasteiger partial charge in [0.1, 0.15) is 17.7 Å². The van der Waals surface area contributed by atoms with Gasteiger partial charge in [0.05, 0.1) is 12.2 Å². The first-order valence-corrected chi connectivity index (χ1v) is 6.53. The SMILES string of the molecule is Fc1cccc(O[C@H]2CO[C@]3(CCCNC3)C2)c1. The zero-order valence-corrected chi connectivity index (χ0v) is 10.3. The highest BCUT2D eigenvalue weighted by atomic mass is 19.1. The number of rotatable bonds is 2. The van der Waals surface area contributed by atoms with Crippen LogP contribution in [0, 0.1) is 5.82 Å². The molecule has 0 aromatic heterocycles. The van der Waals surface area contributed by atoms with Crippen molar-refractivity contribution >= 4 is 0 Å². The van der Waals surface area contributed by atoms with E-state index in [1.165, 1.54) is 12.1 Å². The van der Waals surface area contributed by atoms with E-state index in [9.17, 15) is 4.39 Å². The van der Waals surface area contributed by atoms with Gasteiger partial charge in [0.2, 0.25) is 0 Å². The molecule has 3 rings (SSSR count). The van der Waals surface area contributed by atoms with Gasteiger partial charge in [-0.05, 0) is 31.5 Å². The van der Waals surface area contributed by atoms with Crippen molar-refractivity contribution in [1.82, 2.24) is 5.32 Å². The number of nitrogens with one attached hydrogen (secondary N) is 1. The van der Waals surface area contributed by atoms with Crippen molar-refractivity contribution in [2.45, 2.75) is 31.0 Å². The van der Waals surface area contributed by atoms with Crippen LogP contribution in [0.15, 0.2) is 24.3 Å². The molecule has 0 aliphatic carbocycles. The van der Waals surface area contributed by atoms with Crippen LogP contribution >= 0.6 is 0 Å². The Kier molecular flexibility index (Phi) is 3.22. The van der Waals surface area contributed by atoms with Crippen LogP contribution in [0.1, 0.15) is 19.3 Å². The summed E-state index contributed by atoms with van der Waals surface area (Å²) >= 11 is 0. The van der Waals surface area contributed by atoms with Gasteiger partial charge in [-0.2, -0.15) is 0 Å². The largest absolute Gasteiger partial charge is 0.488 e. The fourth-order valence-corrected chi connectivity index (χ4v) is 2.85. The molecule has 2 aliphatic rings.